The molecule has 1 aromatic rings. The number of hydrogen-bond donors (Lipinski definition) is 0. The molecule has 4 nitrogen and oxygen atoms in total. The molecule has 1 saturated heterocycles. The SMILES string of the molecule is Cc1ccc(S(=O)(=O)N2CC(C)/C(=C\C#N)C23CCCCC3)cc1. The van der Waals surface area contributed by atoms with Gasteiger partial charge in [-0.2, -0.15) is 9.57 Å². The number of nitrogens with zero attached hydrogens (tertiary/aromatic N) is 2. The van der Waals surface area contributed by atoms with Gasteiger partial charge < -0.3 is 0 Å². The predicted molar refractivity (Wildman–Crippen MR) is 93.7 cm³/mol. The van der Waals surface area contributed by atoms with Crippen LogP contribution >= 0.6 is 0 Å². The topological polar surface area (TPSA) is 61.2 Å². The molecule has 1 saturated carbocycles. The van der Waals surface area contributed by atoms with Crippen LogP contribution in [0, 0.1) is 24.2 Å². The first-order chi connectivity index (χ1) is 11.4. The Morgan fingerprint density at radius 2 is 1.83 bits per heavy atom. The predicted octanol–water partition coefficient (Wildman–Crippen LogP) is 3.79. The molecule has 1 aliphatic heterocycles. The van der Waals surface area contributed by atoms with Gasteiger partial charge in [0.25, 0.3) is 0 Å². The van der Waals surface area contributed by atoms with Crippen molar-refractivity contribution < 1.29 is 8.42 Å². The molecule has 1 heterocycles. The second-order valence-electron chi connectivity index (χ2n) is 7.07. The Bertz CT molecular complexity index is 782. The van der Waals surface area contributed by atoms with Gasteiger partial charge in [-0.3, -0.25) is 0 Å². The molecule has 0 radical (unpaired) electrons. The Labute approximate surface area is 144 Å². The quantitative estimate of drug-likeness (QED) is 0.767. The van der Waals surface area contributed by atoms with Crippen molar-refractivity contribution in [1.82, 2.24) is 4.31 Å². The maximum Gasteiger partial charge on any atom is 0.243 e. The van der Waals surface area contributed by atoms with E-state index in [1.807, 2.05) is 26.0 Å². The summed E-state index contributed by atoms with van der Waals surface area (Å²) in [7, 11) is -3.56. The van der Waals surface area contributed by atoms with Gasteiger partial charge in [0.05, 0.1) is 16.5 Å². The van der Waals surface area contributed by atoms with Gasteiger partial charge in [-0.05, 0) is 43.4 Å². The van der Waals surface area contributed by atoms with Gasteiger partial charge in [0.2, 0.25) is 10.0 Å². The summed E-state index contributed by atoms with van der Waals surface area (Å²) in [6.07, 6.45) is 6.38. The number of allylic oxidation sites excluding steroid dienone is 1. The van der Waals surface area contributed by atoms with E-state index in [0.29, 0.717) is 11.4 Å². The van der Waals surface area contributed by atoms with E-state index in [2.05, 4.69) is 6.07 Å². The Morgan fingerprint density at radius 1 is 1.21 bits per heavy atom. The molecule has 2 fully saturated rings. The van der Waals surface area contributed by atoms with Gasteiger partial charge in [-0.25, -0.2) is 8.42 Å². The fraction of sp³-hybridized carbons (Fsp3) is 0.526. The van der Waals surface area contributed by atoms with Crippen LogP contribution in [0.1, 0.15) is 44.6 Å². The van der Waals surface area contributed by atoms with Crippen molar-refractivity contribution >= 4 is 10.0 Å². The standard InChI is InChI=1S/C19H24N2O2S/c1-15-6-8-17(9-7-15)24(22,23)21-14-16(2)18(10-13-20)19(21)11-4-3-5-12-19/h6-10,16H,3-5,11-12,14H2,1-2H3/b18-10+. The Balaban J connectivity index is 2.10. The third-order valence-electron chi connectivity index (χ3n) is 5.50. The van der Waals surface area contributed by atoms with E-state index in [4.69, 9.17) is 0 Å². The summed E-state index contributed by atoms with van der Waals surface area (Å²) in [5, 5.41) is 9.20. The molecule has 1 aliphatic carbocycles. The molecule has 1 atom stereocenters. The van der Waals surface area contributed by atoms with Crippen LogP contribution in [0.4, 0.5) is 0 Å². The second-order valence-corrected chi connectivity index (χ2v) is 8.93. The highest BCUT2D eigenvalue weighted by atomic mass is 32.2. The molecule has 24 heavy (non-hydrogen) atoms. The van der Waals surface area contributed by atoms with Crippen LogP contribution < -0.4 is 0 Å². The van der Waals surface area contributed by atoms with Crippen molar-refractivity contribution in [3.63, 3.8) is 0 Å². The lowest BCUT2D eigenvalue weighted by molar-refractivity contribution is 0.203. The molecule has 0 bridgehead atoms. The number of benzene rings is 1. The molecule has 1 aromatic carbocycles. The lowest BCUT2D eigenvalue weighted by Gasteiger charge is -2.41. The summed E-state index contributed by atoms with van der Waals surface area (Å²) >= 11 is 0. The van der Waals surface area contributed by atoms with Gasteiger partial charge in [-0.15, -0.1) is 0 Å². The van der Waals surface area contributed by atoms with Crippen LogP contribution in [0.15, 0.2) is 40.8 Å². The van der Waals surface area contributed by atoms with Crippen molar-refractivity contribution in [3.05, 3.63) is 41.5 Å². The van der Waals surface area contributed by atoms with E-state index < -0.39 is 15.6 Å². The lowest BCUT2D eigenvalue weighted by atomic mass is 9.75. The van der Waals surface area contributed by atoms with Crippen LogP contribution in [0.2, 0.25) is 0 Å². The molecule has 5 heteroatoms. The fourth-order valence-corrected chi connectivity index (χ4v) is 6.21. The van der Waals surface area contributed by atoms with Gasteiger partial charge in [0, 0.05) is 12.6 Å². The van der Waals surface area contributed by atoms with Crippen LogP contribution in [0.5, 0.6) is 0 Å². The first kappa shape index (κ1) is 17.2. The number of rotatable bonds is 2. The number of aryl methyl sites for hydroxylation is 1. The molecule has 0 aromatic heterocycles. The molecule has 1 unspecified atom stereocenters. The Kier molecular flexibility index (Phi) is 4.54. The highest BCUT2D eigenvalue weighted by Crippen LogP contribution is 2.49. The molecule has 3 rings (SSSR count). The number of nitriles is 1. The minimum absolute atomic E-state index is 0.0861. The molecule has 1 spiro atoms. The van der Waals surface area contributed by atoms with Crippen LogP contribution in [0.3, 0.4) is 0 Å². The summed E-state index contributed by atoms with van der Waals surface area (Å²) in [6.45, 7) is 4.44. The maximum atomic E-state index is 13.3. The van der Waals surface area contributed by atoms with E-state index in [9.17, 15) is 13.7 Å². The average molecular weight is 344 g/mol. The van der Waals surface area contributed by atoms with Crippen molar-refractivity contribution in [3.8, 4) is 6.07 Å². The van der Waals surface area contributed by atoms with Crippen LogP contribution in [-0.4, -0.2) is 24.8 Å². The summed E-state index contributed by atoms with van der Waals surface area (Å²) in [6, 6.07) is 9.21. The molecular weight excluding hydrogens is 320 g/mol. The summed E-state index contributed by atoms with van der Waals surface area (Å²) in [4.78, 5) is 0.350. The van der Waals surface area contributed by atoms with Crippen molar-refractivity contribution in [2.45, 2.75) is 56.4 Å². The van der Waals surface area contributed by atoms with E-state index in [-0.39, 0.29) is 5.92 Å². The molecule has 0 amide bonds. The third-order valence-corrected chi connectivity index (χ3v) is 7.44. The smallest absolute Gasteiger partial charge is 0.207 e. The van der Waals surface area contributed by atoms with E-state index in [0.717, 1.165) is 43.2 Å². The van der Waals surface area contributed by atoms with Crippen LogP contribution in [-0.2, 0) is 10.0 Å². The summed E-state index contributed by atoms with van der Waals surface area (Å²) < 4.78 is 28.4. The molecule has 2 aliphatic rings. The van der Waals surface area contributed by atoms with E-state index >= 15 is 0 Å². The Hall–Kier alpha value is -1.64. The zero-order chi connectivity index (χ0) is 17.4. The minimum atomic E-state index is -3.56. The highest BCUT2D eigenvalue weighted by Gasteiger charge is 2.53. The fourth-order valence-electron chi connectivity index (χ4n) is 4.31. The number of hydrogen-bond acceptors (Lipinski definition) is 3. The average Bonchev–Trinajstić information content (AvgIpc) is 2.83. The maximum absolute atomic E-state index is 13.3. The van der Waals surface area contributed by atoms with Crippen LogP contribution in [0.25, 0.3) is 0 Å². The Morgan fingerprint density at radius 3 is 2.42 bits per heavy atom. The second kappa shape index (κ2) is 6.34. The normalized spacial score (nSPS) is 25.9. The largest absolute Gasteiger partial charge is 0.243 e. The van der Waals surface area contributed by atoms with Gasteiger partial charge in [0.15, 0.2) is 0 Å². The highest BCUT2D eigenvalue weighted by molar-refractivity contribution is 7.89. The molecule has 0 N–H and O–H groups in total. The van der Waals surface area contributed by atoms with E-state index in [1.165, 1.54) is 0 Å². The summed E-state index contributed by atoms with van der Waals surface area (Å²) in [5.41, 5.74) is 1.54. The van der Waals surface area contributed by atoms with Crippen molar-refractivity contribution in [1.29, 1.82) is 5.26 Å². The molecular formula is C19H24N2O2S. The van der Waals surface area contributed by atoms with Crippen molar-refractivity contribution in [2.24, 2.45) is 5.92 Å². The molecule has 128 valence electrons. The minimum Gasteiger partial charge on any atom is -0.207 e. The third kappa shape index (κ3) is 2.68. The first-order valence-corrected chi connectivity index (χ1v) is 10.1. The van der Waals surface area contributed by atoms with Gasteiger partial charge in [0.1, 0.15) is 0 Å². The monoisotopic (exact) mass is 344 g/mol. The van der Waals surface area contributed by atoms with Gasteiger partial charge >= 0.3 is 0 Å². The lowest BCUT2D eigenvalue weighted by Crippen LogP contribution is -2.49. The summed E-state index contributed by atoms with van der Waals surface area (Å²) in [5.74, 6) is 0.0861. The zero-order valence-electron chi connectivity index (χ0n) is 14.3. The first-order valence-electron chi connectivity index (χ1n) is 8.61. The van der Waals surface area contributed by atoms with Gasteiger partial charge in [-0.1, -0.05) is 43.9 Å². The van der Waals surface area contributed by atoms with Crippen molar-refractivity contribution in [2.75, 3.05) is 6.54 Å². The zero-order valence-corrected chi connectivity index (χ0v) is 15.1. The number of sulfonamides is 1. The van der Waals surface area contributed by atoms with E-state index in [1.54, 1.807) is 22.5 Å².